The van der Waals surface area contributed by atoms with Gasteiger partial charge in [0.1, 0.15) is 23.9 Å². The topological polar surface area (TPSA) is 64.6 Å². The first kappa shape index (κ1) is 18.3. The van der Waals surface area contributed by atoms with Gasteiger partial charge in [-0.15, -0.1) is 0 Å². The fourth-order valence-corrected chi connectivity index (χ4v) is 4.05. The molecule has 0 aromatic heterocycles. The minimum atomic E-state index is -3.70. The molecule has 1 aliphatic heterocycles. The first-order valence-corrected chi connectivity index (χ1v) is 10.2. The summed E-state index contributed by atoms with van der Waals surface area (Å²) in [6.07, 6.45) is 0.701. The highest BCUT2D eigenvalue weighted by atomic mass is 32.2. The minimum Gasteiger partial charge on any atom is -0.493 e. The highest BCUT2D eigenvalue weighted by Gasteiger charge is 2.19. The second-order valence-corrected chi connectivity index (χ2v) is 8.06. The van der Waals surface area contributed by atoms with Crippen LogP contribution in [0.1, 0.15) is 11.1 Å². The lowest BCUT2D eigenvalue weighted by atomic mass is 10.2. The minimum absolute atomic E-state index is 0.0922. The molecule has 7 heteroatoms. The molecule has 3 aromatic rings. The Morgan fingerprint density at radius 2 is 1.82 bits per heavy atom. The molecule has 0 unspecified atom stereocenters. The van der Waals surface area contributed by atoms with E-state index in [9.17, 15) is 12.8 Å². The van der Waals surface area contributed by atoms with Gasteiger partial charge in [-0.05, 0) is 54.1 Å². The molecule has 5 nitrogen and oxygen atoms in total. The number of halogens is 1. The van der Waals surface area contributed by atoms with E-state index < -0.39 is 10.0 Å². The van der Waals surface area contributed by atoms with Crippen LogP contribution >= 0.6 is 0 Å². The van der Waals surface area contributed by atoms with Crippen molar-refractivity contribution < 1.29 is 22.3 Å². The Morgan fingerprint density at radius 1 is 1.04 bits per heavy atom. The van der Waals surface area contributed by atoms with Gasteiger partial charge in [0.15, 0.2) is 0 Å². The van der Waals surface area contributed by atoms with Crippen molar-refractivity contribution in [2.24, 2.45) is 0 Å². The van der Waals surface area contributed by atoms with E-state index in [2.05, 4.69) is 4.72 Å². The Morgan fingerprint density at radius 3 is 2.61 bits per heavy atom. The number of rotatable bonds is 6. The van der Waals surface area contributed by atoms with Crippen LogP contribution in [0.15, 0.2) is 71.6 Å². The molecule has 4 rings (SSSR count). The first-order valence-electron chi connectivity index (χ1n) is 8.76. The molecule has 3 aromatic carbocycles. The van der Waals surface area contributed by atoms with E-state index in [1.807, 2.05) is 0 Å². The molecule has 0 radical (unpaired) electrons. The standard InChI is InChI=1S/C21H18FNO4S/c22-20-4-2-1-3-16(20)14-27-18-7-5-17(6-8-18)23-28(24,25)19-9-10-21-15(13-19)11-12-26-21/h1-10,13,23H,11-12,14H2. The molecule has 1 aliphatic rings. The summed E-state index contributed by atoms with van der Waals surface area (Å²) < 4.78 is 52.4. The van der Waals surface area contributed by atoms with Crippen molar-refractivity contribution in [1.82, 2.24) is 0 Å². The molecular formula is C21H18FNO4S. The normalized spacial score (nSPS) is 12.9. The van der Waals surface area contributed by atoms with Gasteiger partial charge in [-0.2, -0.15) is 0 Å². The first-order chi connectivity index (χ1) is 13.5. The van der Waals surface area contributed by atoms with E-state index >= 15 is 0 Å². The summed E-state index contributed by atoms with van der Waals surface area (Å²) in [7, 11) is -3.70. The van der Waals surface area contributed by atoms with Crippen LogP contribution in [0.25, 0.3) is 0 Å². The van der Waals surface area contributed by atoms with Crippen LogP contribution in [0.2, 0.25) is 0 Å². The Hall–Kier alpha value is -3.06. The van der Waals surface area contributed by atoms with Gasteiger partial charge in [-0.1, -0.05) is 18.2 Å². The number of anilines is 1. The maximum atomic E-state index is 13.6. The third-order valence-electron chi connectivity index (χ3n) is 4.43. The highest BCUT2D eigenvalue weighted by molar-refractivity contribution is 7.92. The molecule has 0 aliphatic carbocycles. The second-order valence-electron chi connectivity index (χ2n) is 6.38. The van der Waals surface area contributed by atoms with Gasteiger partial charge in [-0.25, -0.2) is 12.8 Å². The van der Waals surface area contributed by atoms with E-state index in [0.717, 1.165) is 11.3 Å². The van der Waals surface area contributed by atoms with Crippen molar-refractivity contribution in [3.05, 3.63) is 83.7 Å². The van der Waals surface area contributed by atoms with Crippen molar-refractivity contribution in [3.8, 4) is 11.5 Å². The zero-order valence-electron chi connectivity index (χ0n) is 14.9. The van der Waals surface area contributed by atoms with Gasteiger partial charge < -0.3 is 9.47 Å². The van der Waals surface area contributed by atoms with E-state index in [0.29, 0.717) is 30.0 Å². The third-order valence-corrected chi connectivity index (χ3v) is 5.81. The largest absolute Gasteiger partial charge is 0.493 e. The van der Waals surface area contributed by atoms with Gasteiger partial charge >= 0.3 is 0 Å². The summed E-state index contributed by atoms with van der Waals surface area (Å²) in [6.45, 7) is 0.662. The Labute approximate surface area is 162 Å². The summed E-state index contributed by atoms with van der Waals surface area (Å²) in [5, 5.41) is 0. The molecule has 0 amide bonds. The molecule has 0 spiro atoms. The molecule has 1 N–H and O–H groups in total. The predicted octanol–water partition coefficient (Wildman–Crippen LogP) is 4.14. The number of fused-ring (bicyclic) bond motifs is 1. The van der Waals surface area contributed by atoms with E-state index in [1.165, 1.54) is 12.1 Å². The molecule has 144 valence electrons. The van der Waals surface area contributed by atoms with Gasteiger partial charge in [0.2, 0.25) is 0 Å². The Kier molecular flexibility index (Phi) is 4.92. The van der Waals surface area contributed by atoms with Crippen LogP contribution in [0.3, 0.4) is 0 Å². The number of ether oxygens (including phenoxy) is 2. The molecule has 28 heavy (non-hydrogen) atoms. The molecule has 0 saturated carbocycles. The summed E-state index contributed by atoms with van der Waals surface area (Å²) in [5.74, 6) is 0.919. The van der Waals surface area contributed by atoms with Crippen molar-refractivity contribution >= 4 is 15.7 Å². The molecule has 1 heterocycles. The summed E-state index contributed by atoms with van der Waals surface area (Å²) in [6, 6.07) is 17.7. The van der Waals surface area contributed by atoms with Crippen LogP contribution in [-0.2, 0) is 23.1 Å². The average molecular weight is 399 g/mol. The number of benzene rings is 3. The van der Waals surface area contributed by atoms with E-state index in [1.54, 1.807) is 54.6 Å². The van der Waals surface area contributed by atoms with Crippen LogP contribution in [-0.4, -0.2) is 15.0 Å². The van der Waals surface area contributed by atoms with Crippen LogP contribution < -0.4 is 14.2 Å². The van der Waals surface area contributed by atoms with Gasteiger partial charge in [0, 0.05) is 17.7 Å². The van der Waals surface area contributed by atoms with E-state index in [-0.39, 0.29) is 17.3 Å². The van der Waals surface area contributed by atoms with Crippen molar-refractivity contribution in [2.45, 2.75) is 17.9 Å². The lowest BCUT2D eigenvalue weighted by molar-refractivity contribution is 0.300. The summed E-state index contributed by atoms with van der Waals surface area (Å²) in [5.41, 5.74) is 1.75. The zero-order valence-corrected chi connectivity index (χ0v) is 15.7. The van der Waals surface area contributed by atoms with E-state index in [4.69, 9.17) is 9.47 Å². The molecular weight excluding hydrogens is 381 g/mol. The molecule has 0 fully saturated rings. The number of sulfonamides is 1. The monoisotopic (exact) mass is 399 g/mol. The number of hydrogen-bond donors (Lipinski definition) is 1. The fraction of sp³-hybridized carbons (Fsp3) is 0.143. The van der Waals surface area contributed by atoms with Gasteiger partial charge in [0.05, 0.1) is 11.5 Å². The van der Waals surface area contributed by atoms with Crippen molar-refractivity contribution in [2.75, 3.05) is 11.3 Å². The number of nitrogens with one attached hydrogen (secondary N) is 1. The van der Waals surface area contributed by atoms with Crippen molar-refractivity contribution in [1.29, 1.82) is 0 Å². The second kappa shape index (κ2) is 7.52. The maximum Gasteiger partial charge on any atom is 0.261 e. The summed E-state index contributed by atoms with van der Waals surface area (Å²) >= 11 is 0. The number of hydrogen-bond acceptors (Lipinski definition) is 4. The third kappa shape index (κ3) is 3.94. The van der Waals surface area contributed by atoms with Crippen molar-refractivity contribution in [3.63, 3.8) is 0 Å². The molecule has 0 atom stereocenters. The molecule has 0 saturated heterocycles. The fourth-order valence-electron chi connectivity index (χ4n) is 2.94. The molecule has 0 bridgehead atoms. The van der Waals surface area contributed by atoms with Gasteiger partial charge in [0.25, 0.3) is 10.0 Å². The van der Waals surface area contributed by atoms with Crippen LogP contribution in [0, 0.1) is 5.82 Å². The predicted molar refractivity (Wildman–Crippen MR) is 104 cm³/mol. The zero-order chi connectivity index (χ0) is 19.6. The quantitative estimate of drug-likeness (QED) is 0.677. The average Bonchev–Trinajstić information content (AvgIpc) is 3.16. The summed E-state index contributed by atoms with van der Waals surface area (Å²) in [4.78, 5) is 0.191. The maximum absolute atomic E-state index is 13.6. The lowest BCUT2D eigenvalue weighted by Gasteiger charge is -2.11. The van der Waals surface area contributed by atoms with Gasteiger partial charge in [-0.3, -0.25) is 4.72 Å². The smallest absolute Gasteiger partial charge is 0.261 e. The lowest BCUT2D eigenvalue weighted by Crippen LogP contribution is -2.13. The Balaban J connectivity index is 1.43. The SMILES string of the molecule is O=S(=O)(Nc1ccc(OCc2ccccc2F)cc1)c1ccc2c(c1)CCO2. The van der Waals surface area contributed by atoms with Crippen LogP contribution in [0.5, 0.6) is 11.5 Å². The van der Waals surface area contributed by atoms with Crippen LogP contribution in [0.4, 0.5) is 10.1 Å². The Bertz CT molecular complexity index is 1100. The highest BCUT2D eigenvalue weighted by Crippen LogP contribution is 2.28.